The maximum Gasteiger partial charge on any atom is 0.231 e. The van der Waals surface area contributed by atoms with E-state index in [2.05, 4.69) is 13.8 Å². The van der Waals surface area contributed by atoms with Gasteiger partial charge in [0.2, 0.25) is 12.7 Å². The fourth-order valence-corrected chi connectivity index (χ4v) is 3.43. The second kappa shape index (κ2) is 8.54. The zero-order valence-electron chi connectivity index (χ0n) is 15.2. The molecule has 2 aliphatic heterocycles. The predicted octanol–water partition coefficient (Wildman–Crippen LogP) is 2.96. The van der Waals surface area contributed by atoms with E-state index >= 15 is 0 Å². The number of hydrogen-bond donors (Lipinski definition) is 0. The van der Waals surface area contributed by atoms with Crippen molar-refractivity contribution in [1.82, 2.24) is 9.96 Å². The minimum Gasteiger partial charge on any atom is -0.454 e. The molecule has 0 N–H and O–H groups in total. The highest BCUT2D eigenvalue weighted by molar-refractivity contribution is 5.76. The van der Waals surface area contributed by atoms with Crippen molar-refractivity contribution in [3.05, 3.63) is 23.8 Å². The van der Waals surface area contributed by atoms with Crippen LogP contribution in [0.4, 0.5) is 0 Å². The van der Waals surface area contributed by atoms with Gasteiger partial charge >= 0.3 is 0 Å². The molecule has 1 aromatic carbocycles. The van der Waals surface area contributed by atoms with Gasteiger partial charge in [0.05, 0.1) is 6.61 Å². The van der Waals surface area contributed by atoms with Crippen LogP contribution in [0.5, 0.6) is 11.5 Å². The minimum absolute atomic E-state index is 0.182. The van der Waals surface area contributed by atoms with E-state index in [0.717, 1.165) is 49.5 Å². The molecule has 0 atom stereocenters. The number of rotatable bonds is 8. The highest BCUT2D eigenvalue weighted by atomic mass is 16.7. The van der Waals surface area contributed by atoms with E-state index in [9.17, 15) is 4.79 Å². The van der Waals surface area contributed by atoms with Crippen LogP contribution in [0.25, 0.3) is 0 Å². The molecule has 2 aliphatic rings. The summed E-state index contributed by atoms with van der Waals surface area (Å²) >= 11 is 0. The Morgan fingerprint density at radius 2 is 2.04 bits per heavy atom. The molecular weight excluding hydrogens is 320 g/mol. The minimum atomic E-state index is 0.182. The van der Waals surface area contributed by atoms with Gasteiger partial charge in [-0.2, -0.15) is 5.06 Å². The number of carbonyl (C=O) groups excluding carboxylic acids is 1. The van der Waals surface area contributed by atoms with Crippen LogP contribution in [-0.2, 0) is 16.2 Å². The van der Waals surface area contributed by atoms with Gasteiger partial charge < -0.3 is 14.4 Å². The molecular formula is C19H28N2O4. The van der Waals surface area contributed by atoms with Crippen molar-refractivity contribution in [3.63, 3.8) is 0 Å². The Balaban J connectivity index is 1.66. The van der Waals surface area contributed by atoms with Crippen LogP contribution >= 0.6 is 0 Å². The lowest BCUT2D eigenvalue weighted by Gasteiger charge is -2.31. The van der Waals surface area contributed by atoms with E-state index < -0.39 is 0 Å². The van der Waals surface area contributed by atoms with Crippen LogP contribution in [0, 0.1) is 0 Å². The lowest BCUT2D eigenvalue weighted by molar-refractivity contribution is -0.141. The van der Waals surface area contributed by atoms with E-state index in [1.807, 2.05) is 28.2 Å². The normalized spacial score (nSPS) is 16.6. The van der Waals surface area contributed by atoms with Crippen molar-refractivity contribution >= 4 is 5.91 Å². The van der Waals surface area contributed by atoms with Crippen LogP contribution in [0.2, 0.25) is 0 Å². The lowest BCUT2D eigenvalue weighted by atomic mass is 10.1. The van der Waals surface area contributed by atoms with E-state index in [-0.39, 0.29) is 18.7 Å². The molecule has 25 heavy (non-hydrogen) atoms. The first-order valence-electron chi connectivity index (χ1n) is 9.27. The van der Waals surface area contributed by atoms with Gasteiger partial charge in [-0.1, -0.05) is 19.9 Å². The molecule has 0 radical (unpaired) electrons. The topological polar surface area (TPSA) is 51.2 Å². The summed E-state index contributed by atoms with van der Waals surface area (Å²) in [4.78, 5) is 20.4. The molecule has 6 heteroatoms. The molecule has 6 nitrogen and oxygen atoms in total. The van der Waals surface area contributed by atoms with E-state index in [0.29, 0.717) is 19.5 Å². The summed E-state index contributed by atoms with van der Waals surface area (Å²) in [6, 6.07) is 6.16. The Bertz CT molecular complexity index is 583. The molecule has 0 unspecified atom stereocenters. The summed E-state index contributed by atoms with van der Waals surface area (Å²) < 4.78 is 10.8. The quantitative estimate of drug-likeness (QED) is 0.723. The molecule has 0 spiro atoms. The molecule has 1 aromatic rings. The first kappa shape index (κ1) is 18.0. The highest BCUT2D eigenvalue weighted by Gasteiger charge is 2.24. The summed E-state index contributed by atoms with van der Waals surface area (Å²) in [5, 5.41) is 1.91. The number of amides is 1. The number of hydrogen-bond acceptors (Lipinski definition) is 5. The molecule has 1 fully saturated rings. The predicted molar refractivity (Wildman–Crippen MR) is 94.2 cm³/mol. The summed E-state index contributed by atoms with van der Waals surface area (Å²) in [6.07, 6.45) is 3.43. The van der Waals surface area contributed by atoms with Crippen molar-refractivity contribution < 1.29 is 19.1 Å². The zero-order valence-corrected chi connectivity index (χ0v) is 15.2. The van der Waals surface area contributed by atoms with Gasteiger partial charge in [-0.15, -0.1) is 0 Å². The zero-order chi connectivity index (χ0) is 17.6. The maximum absolute atomic E-state index is 12.9. The van der Waals surface area contributed by atoms with Crippen molar-refractivity contribution in [2.45, 2.75) is 52.1 Å². The Morgan fingerprint density at radius 1 is 1.24 bits per heavy atom. The fourth-order valence-electron chi connectivity index (χ4n) is 3.43. The second-order valence-corrected chi connectivity index (χ2v) is 6.55. The first-order chi connectivity index (χ1) is 12.2. The first-order valence-corrected chi connectivity index (χ1v) is 9.27. The molecule has 2 heterocycles. The van der Waals surface area contributed by atoms with Crippen molar-refractivity contribution in [2.24, 2.45) is 0 Å². The molecule has 0 bridgehead atoms. The average molecular weight is 348 g/mol. The monoisotopic (exact) mass is 348 g/mol. The van der Waals surface area contributed by atoms with Crippen LogP contribution in [-0.4, -0.2) is 48.4 Å². The van der Waals surface area contributed by atoms with Gasteiger partial charge in [-0.3, -0.25) is 9.63 Å². The van der Waals surface area contributed by atoms with Crippen molar-refractivity contribution in [2.75, 3.05) is 26.5 Å². The highest BCUT2D eigenvalue weighted by Crippen LogP contribution is 2.33. The Morgan fingerprint density at radius 3 is 2.76 bits per heavy atom. The van der Waals surface area contributed by atoms with E-state index in [1.54, 1.807) is 0 Å². The van der Waals surface area contributed by atoms with Gasteiger partial charge in [0.15, 0.2) is 11.5 Å². The van der Waals surface area contributed by atoms with Gasteiger partial charge in [0.25, 0.3) is 0 Å². The molecule has 138 valence electrons. The number of carbonyl (C=O) groups is 1. The van der Waals surface area contributed by atoms with Crippen molar-refractivity contribution in [1.29, 1.82) is 0 Å². The number of fused-ring (bicyclic) bond motifs is 1. The largest absolute Gasteiger partial charge is 0.454 e. The Labute approximate surface area is 149 Å². The SMILES string of the molecule is CCC(CC)N(Cc1ccc2c(c1)OCO2)C(=O)CCN1CCCO1. The van der Waals surface area contributed by atoms with Gasteiger partial charge in [-0.05, 0) is 37.0 Å². The summed E-state index contributed by atoms with van der Waals surface area (Å²) in [6.45, 7) is 7.49. The number of hydroxylamine groups is 2. The lowest BCUT2D eigenvalue weighted by Crippen LogP contribution is -2.40. The Hall–Kier alpha value is -1.79. The molecule has 1 saturated heterocycles. The number of nitrogens with zero attached hydrogens (tertiary/aromatic N) is 2. The third-order valence-electron chi connectivity index (χ3n) is 4.89. The smallest absolute Gasteiger partial charge is 0.231 e. The second-order valence-electron chi connectivity index (χ2n) is 6.55. The van der Waals surface area contributed by atoms with E-state index in [1.165, 1.54) is 0 Å². The molecule has 0 saturated carbocycles. The van der Waals surface area contributed by atoms with Crippen molar-refractivity contribution in [3.8, 4) is 11.5 Å². The standard InChI is InChI=1S/C19H28N2O4/c1-3-16(4-2)21(19(22)8-10-20-9-5-11-25-20)13-15-6-7-17-18(12-15)24-14-23-17/h6-7,12,16H,3-5,8-11,13-14H2,1-2H3. The van der Waals surface area contributed by atoms with Gasteiger partial charge in [0, 0.05) is 32.1 Å². The third kappa shape index (κ3) is 4.44. The number of benzene rings is 1. The molecule has 0 aromatic heterocycles. The molecule has 0 aliphatic carbocycles. The van der Waals surface area contributed by atoms with Crippen LogP contribution in [0.3, 0.4) is 0 Å². The summed E-state index contributed by atoms with van der Waals surface area (Å²) in [5.41, 5.74) is 1.07. The average Bonchev–Trinajstić information content (AvgIpc) is 3.30. The van der Waals surface area contributed by atoms with Crippen LogP contribution in [0.15, 0.2) is 18.2 Å². The van der Waals surface area contributed by atoms with Crippen LogP contribution in [0.1, 0.15) is 45.1 Å². The Kier molecular flexibility index (Phi) is 6.15. The molecule has 1 amide bonds. The van der Waals surface area contributed by atoms with Gasteiger partial charge in [0.1, 0.15) is 0 Å². The van der Waals surface area contributed by atoms with E-state index in [4.69, 9.17) is 14.3 Å². The maximum atomic E-state index is 12.9. The fraction of sp³-hybridized carbons (Fsp3) is 0.632. The van der Waals surface area contributed by atoms with Gasteiger partial charge in [-0.25, -0.2) is 0 Å². The third-order valence-corrected chi connectivity index (χ3v) is 4.89. The number of ether oxygens (including phenoxy) is 2. The summed E-state index contributed by atoms with van der Waals surface area (Å²) in [7, 11) is 0. The van der Waals surface area contributed by atoms with Crippen LogP contribution < -0.4 is 9.47 Å². The summed E-state index contributed by atoms with van der Waals surface area (Å²) in [5.74, 6) is 1.72. The molecule has 3 rings (SSSR count).